The van der Waals surface area contributed by atoms with Crippen LogP contribution in [0.2, 0.25) is 5.02 Å². The van der Waals surface area contributed by atoms with Gasteiger partial charge in [-0.15, -0.1) is 6.58 Å². The highest BCUT2D eigenvalue weighted by molar-refractivity contribution is 6.30. The quantitative estimate of drug-likeness (QED) is 0.769. The summed E-state index contributed by atoms with van der Waals surface area (Å²) in [6.45, 7) is 5.59. The van der Waals surface area contributed by atoms with E-state index in [1.807, 2.05) is 0 Å². The molecule has 140 valence electrons. The number of carbonyl (C=O) groups is 2. The van der Waals surface area contributed by atoms with Gasteiger partial charge in [-0.25, -0.2) is 0 Å². The molecule has 27 heavy (non-hydrogen) atoms. The van der Waals surface area contributed by atoms with Crippen molar-refractivity contribution < 1.29 is 19.1 Å². The van der Waals surface area contributed by atoms with Crippen LogP contribution in [-0.4, -0.2) is 31.1 Å². The standard InChI is InChI=1S/C20H19ClN2O4/c1-3-10-23-17-11-15(6-9-18(17)27-13(2)20(23)25)22-19(24)12-26-16-7-4-14(21)5-8-16/h3-9,11,13H,1,10,12H2,2H3,(H,22,24). The van der Waals surface area contributed by atoms with Gasteiger partial charge in [-0.05, 0) is 49.4 Å². The molecule has 0 fully saturated rings. The number of hydrogen-bond acceptors (Lipinski definition) is 4. The number of rotatable bonds is 6. The molecule has 1 N–H and O–H groups in total. The van der Waals surface area contributed by atoms with E-state index in [4.69, 9.17) is 21.1 Å². The zero-order valence-corrected chi connectivity index (χ0v) is 15.5. The number of nitrogens with zero attached hydrogens (tertiary/aromatic N) is 1. The van der Waals surface area contributed by atoms with Crippen molar-refractivity contribution in [1.29, 1.82) is 0 Å². The number of halogens is 1. The smallest absolute Gasteiger partial charge is 0.268 e. The number of anilines is 2. The van der Waals surface area contributed by atoms with Crippen LogP contribution in [0.4, 0.5) is 11.4 Å². The Bertz CT molecular complexity index is 867. The van der Waals surface area contributed by atoms with Gasteiger partial charge in [-0.3, -0.25) is 9.59 Å². The van der Waals surface area contributed by atoms with E-state index in [1.54, 1.807) is 60.4 Å². The number of ether oxygens (including phenoxy) is 2. The molecule has 2 amide bonds. The lowest BCUT2D eigenvalue weighted by atomic mass is 10.1. The second-order valence-electron chi connectivity index (χ2n) is 5.97. The van der Waals surface area contributed by atoms with E-state index >= 15 is 0 Å². The summed E-state index contributed by atoms with van der Waals surface area (Å²) in [5.41, 5.74) is 1.13. The lowest BCUT2D eigenvalue weighted by molar-refractivity contribution is -0.125. The number of nitrogens with one attached hydrogen (secondary N) is 1. The Balaban J connectivity index is 1.69. The average Bonchev–Trinajstić information content (AvgIpc) is 2.65. The molecule has 0 aromatic heterocycles. The van der Waals surface area contributed by atoms with Crippen LogP contribution in [0.1, 0.15) is 6.92 Å². The van der Waals surface area contributed by atoms with Crippen molar-refractivity contribution in [3.8, 4) is 11.5 Å². The Morgan fingerprint density at radius 1 is 1.33 bits per heavy atom. The molecule has 0 bridgehead atoms. The molecule has 0 saturated carbocycles. The first-order valence-electron chi connectivity index (χ1n) is 8.39. The highest BCUT2D eigenvalue weighted by Gasteiger charge is 2.30. The molecule has 2 aromatic rings. The molecule has 0 saturated heterocycles. The Morgan fingerprint density at radius 3 is 2.78 bits per heavy atom. The van der Waals surface area contributed by atoms with Crippen LogP contribution in [0.25, 0.3) is 0 Å². The summed E-state index contributed by atoms with van der Waals surface area (Å²) in [5, 5.41) is 3.35. The zero-order chi connectivity index (χ0) is 19.4. The van der Waals surface area contributed by atoms with E-state index in [0.29, 0.717) is 34.4 Å². The third kappa shape index (κ3) is 4.41. The normalized spacial score (nSPS) is 15.6. The SMILES string of the molecule is C=CCN1C(=O)C(C)Oc2ccc(NC(=O)COc3ccc(Cl)cc3)cc21. The van der Waals surface area contributed by atoms with E-state index in [9.17, 15) is 9.59 Å². The molecular formula is C20H19ClN2O4. The van der Waals surface area contributed by atoms with Gasteiger partial charge in [-0.2, -0.15) is 0 Å². The van der Waals surface area contributed by atoms with Gasteiger partial charge in [0.15, 0.2) is 12.7 Å². The second kappa shape index (κ2) is 8.14. The van der Waals surface area contributed by atoms with Crippen molar-refractivity contribution in [2.45, 2.75) is 13.0 Å². The van der Waals surface area contributed by atoms with Crippen LogP contribution in [0.5, 0.6) is 11.5 Å². The molecule has 6 nitrogen and oxygen atoms in total. The zero-order valence-electron chi connectivity index (χ0n) is 14.8. The number of amides is 2. The molecule has 0 spiro atoms. The molecular weight excluding hydrogens is 368 g/mol. The van der Waals surface area contributed by atoms with Gasteiger partial charge in [-0.1, -0.05) is 17.7 Å². The van der Waals surface area contributed by atoms with Gasteiger partial charge in [0.1, 0.15) is 11.5 Å². The summed E-state index contributed by atoms with van der Waals surface area (Å²) >= 11 is 5.81. The van der Waals surface area contributed by atoms with E-state index < -0.39 is 6.10 Å². The third-order valence-corrected chi connectivity index (χ3v) is 4.20. The Labute approximate surface area is 162 Å². The van der Waals surface area contributed by atoms with Gasteiger partial charge < -0.3 is 19.7 Å². The fourth-order valence-corrected chi connectivity index (χ4v) is 2.80. The first-order chi connectivity index (χ1) is 13.0. The van der Waals surface area contributed by atoms with E-state index in [-0.39, 0.29) is 18.4 Å². The van der Waals surface area contributed by atoms with Crippen LogP contribution in [0.15, 0.2) is 55.1 Å². The van der Waals surface area contributed by atoms with E-state index in [2.05, 4.69) is 11.9 Å². The van der Waals surface area contributed by atoms with Crippen LogP contribution in [0, 0.1) is 0 Å². The Morgan fingerprint density at radius 2 is 2.07 bits per heavy atom. The van der Waals surface area contributed by atoms with Crippen molar-refractivity contribution >= 4 is 34.8 Å². The third-order valence-electron chi connectivity index (χ3n) is 3.95. The Hall–Kier alpha value is -2.99. The molecule has 1 aliphatic heterocycles. The lowest BCUT2D eigenvalue weighted by Crippen LogP contribution is -2.44. The fraction of sp³-hybridized carbons (Fsp3) is 0.200. The number of hydrogen-bond donors (Lipinski definition) is 1. The first kappa shape index (κ1) is 18.8. The number of benzene rings is 2. The molecule has 0 aliphatic carbocycles. The van der Waals surface area contributed by atoms with Crippen molar-refractivity contribution in [2.75, 3.05) is 23.4 Å². The summed E-state index contributed by atoms with van der Waals surface area (Å²) in [6.07, 6.45) is 1.08. The maximum absolute atomic E-state index is 12.3. The van der Waals surface area contributed by atoms with Gasteiger partial charge in [0.05, 0.1) is 5.69 Å². The summed E-state index contributed by atoms with van der Waals surface area (Å²) in [6, 6.07) is 11.9. The second-order valence-corrected chi connectivity index (χ2v) is 6.41. The van der Waals surface area contributed by atoms with Crippen molar-refractivity contribution in [2.24, 2.45) is 0 Å². The summed E-state index contributed by atoms with van der Waals surface area (Å²) in [5.74, 6) is 0.651. The Kier molecular flexibility index (Phi) is 5.66. The molecule has 1 unspecified atom stereocenters. The fourth-order valence-electron chi connectivity index (χ4n) is 2.68. The topological polar surface area (TPSA) is 67.9 Å². The van der Waals surface area contributed by atoms with Crippen molar-refractivity contribution in [3.63, 3.8) is 0 Å². The van der Waals surface area contributed by atoms with Crippen molar-refractivity contribution in [1.82, 2.24) is 0 Å². The summed E-state index contributed by atoms with van der Waals surface area (Å²) in [4.78, 5) is 26.1. The van der Waals surface area contributed by atoms with E-state index in [0.717, 1.165) is 0 Å². The highest BCUT2D eigenvalue weighted by atomic mass is 35.5. The maximum atomic E-state index is 12.3. The minimum Gasteiger partial charge on any atom is -0.484 e. The van der Waals surface area contributed by atoms with Gasteiger partial charge >= 0.3 is 0 Å². The van der Waals surface area contributed by atoms with E-state index in [1.165, 1.54) is 0 Å². The van der Waals surface area contributed by atoms with Gasteiger partial charge in [0.2, 0.25) is 0 Å². The van der Waals surface area contributed by atoms with Gasteiger partial charge in [0, 0.05) is 17.3 Å². The number of fused-ring (bicyclic) bond motifs is 1. The molecule has 0 radical (unpaired) electrons. The average molecular weight is 387 g/mol. The maximum Gasteiger partial charge on any atom is 0.268 e. The minimum atomic E-state index is -0.564. The predicted octanol–water partition coefficient (Wildman–Crippen LogP) is 3.66. The van der Waals surface area contributed by atoms with Crippen LogP contribution in [0.3, 0.4) is 0 Å². The minimum absolute atomic E-state index is 0.151. The van der Waals surface area contributed by atoms with Crippen LogP contribution >= 0.6 is 11.6 Å². The molecule has 1 heterocycles. The van der Waals surface area contributed by atoms with Crippen LogP contribution in [-0.2, 0) is 9.59 Å². The molecule has 7 heteroatoms. The molecule has 3 rings (SSSR count). The molecule has 1 aliphatic rings. The molecule has 2 aromatic carbocycles. The first-order valence-corrected chi connectivity index (χ1v) is 8.77. The van der Waals surface area contributed by atoms with Crippen molar-refractivity contribution in [3.05, 3.63) is 60.1 Å². The predicted molar refractivity (Wildman–Crippen MR) is 105 cm³/mol. The molecule has 1 atom stereocenters. The monoisotopic (exact) mass is 386 g/mol. The summed E-state index contributed by atoms with van der Waals surface area (Å²) in [7, 11) is 0. The largest absolute Gasteiger partial charge is 0.484 e. The van der Waals surface area contributed by atoms with Gasteiger partial charge in [0.25, 0.3) is 11.8 Å². The van der Waals surface area contributed by atoms with Crippen LogP contribution < -0.4 is 19.7 Å². The summed E-state index contributed by atoms with van der Waals surface area (Å²) < 4.78 is 11.0. The number of carbonyl (C=O) groups excluding carboxylic acids is 2. The highest BCUT2D eigenvalue weighted by Crippen LogP contribution is 2.36. The lowest BCUT2D eigenvalue weighted by Gasteiger charge is -2.32.